The van der Waals surface area contributed by atoms with Crippen molar-refractivity contribution in [1.82, 2.24) is 19.1 Å². The SMILES string of the molecule is [2H]c1c([2H])c([2H])c(-n2c3c([2H])c([2H])c([2H])c([2H])c3c3c4c5c([2H])c([2H])c([2H])c([2H])c5n(-c5cccc(-c6ncc7c(-c8ccc(-c9ccccc9)cc8)cccc7n6)c5)c4c([2H])c([2H])c32)c([2H])c1[2H]. The molecule has 0 aliphatic carbocycles. The van der Waals surface area contributed by atoms with Crippen LogP contribution in [0.15, 0.2) is 194 Å². The molecule has 54 heavy (non-hydrogen) atoms. The summed E-state index contributed by atoms with van der Waals surface area (Å²) in [5.74, 6) is 0.316. The zero-order valence-corrected chi connectivity index (χ0v) is 28.1. The molecule has 0 N–H and O–H groups in total. The zero-order valence-electron chi connectivity index (χ0n) is 43.1. The van der Waals surface area contributed by atoms with Gasteiger partial charge in [-0.15, -0.1) is 0 Å². The lowest BCUT2D eigenvalue weighted by molar-refractivity contribution is 1.17. The van der Waals surface area contributed by atoms with Gasteiger partial charge in [0.1, 0.15) is 0 Å². The average molecular weight is 704 g/mol. The van der Waals surface area contributed by atoms with E-state index in [9.17, 15) is 6.85 Å². The Bertz CT molecular complexity index is 4040. The van der Waals surface area contributed by atoms with E-state index in [0.29, 0.717) is 16.9 Å². The van der Waals surface area contributed by atoms with Crippen molar-refractivity contribution in [3.63, 3.8) is 0 Å². The lowest BCUT2D eigenvalue weighted by atomic mass is 9.98. The molecule has 0 fully saturated rings. The number of nitrogens with zero attached hydrogens (tertiary/aromatic N) is 4. The highest BCUT2D eigenvalue weighted by Gasteiger charge is 2.20. The molecule has 0 aliphatic heterocycles. The minimum Gasteiger partial charge on any atom is -0.309 e. The van der Waals surface area contributed by atoms with Crippen LogP contribution >= 0.6 is 0 Å². The summed E-state index contributed by atoms with van der Waals surface area (Å²) in [5.41, 5.74) is 4.03. The Kier molecular flexibility index (Phi) is 4.27. The lowest BCUT2D eigenvalue weighted by Crippen LogP contribution is -1.96. The van der Waals surface area contributed by atoms with Gasteiger partial charge in [-0.2, -0.15) is 0 Å². The highest BCUT2D eigenvalue weighted by molar-refractivity contribution is 6.28. The van der Waals surface area contributed by atoms with Crippen LogP contribution in [0.25, 0.3) is 99.5 Å². The molecule has 4 heteroatoms. The maximum Gasteiger partial charge on any atom is 0.159 e. The van der Waals surface area contributed by atoms with Crippen molar-refractivity contribution in [1.29, 1.82) is 0 Å². The Morgan fingerprint density at radius 1 is 0.426 bits per heavy atom. The van der Waals surface area contributed by atoms with Crippen LogP contribution in [0.5, 0.6) is 0 Å². The van der Waals surface area contributed by atoms with Gasteiger partial charge >= 0.3 is 0 Å². The van der Waals surface area contributed by atoms with Gasteiger partial charge in [-0.25, -0.2) is 9.97 Å². The second-order valence-electron chi connectivity index (χ2n) is 12.7. The van der Waals surface area contributed by atoms with Crippen LogP contribution in [0.1, 0.15) is 20.6 Å². The van der Waals surface area contributed by atoms with Crippen LogP contribution in [-0.4, -0.2) is 19.1 Å². The Morgan fingerprint density at radius 2 is 1.02 bits per heavy atom. The second kappa shape index (κ2) is 12.1. The van der Waals surface area contributed by atoms with E-state index in [4.69, 9.17) is 23.7 Å². The number of fused-ring (bicyclic) bond motifs is 8. The predicted molar refractivity (Wildman–Crippen MR) is 225 cm³/mol. The molecule has 0 radical (unpaired) electrons. The van der Waals surface area contributed by atoms with Crippen LogP contribution in [0.4, 0.5) is 0 Å². The van der Waals surface area contributed by atoms with Gasteiger partial charge < -0.3 is 9.13 Å². The fourth-order valence-corrected chi connectivity index (χ4v) is 7.37. The molecule has 3 heterocycles. The maximum atomic E-state index is 9.72. The summed E-state index contributed by atoms with van der Waals surface area (Å²) in [6.07, 6.45) is 1.74. The van der Waals surface area contributed by atoms with Crippen molar-refractivity contribution in [2.45, 2.75) is 0 Å². The minimum atomic E-state index is -0.754. The molecule has 0 bridgehead atoms. The Hall–Kier alpha value is -7.30. The third-order valence-corrected chi connectivity index (χ3v) is 9.75. The first-order valence-corrected chi connectivity index (χ1v) is 17.1. The lowest BCUT2D eigenvalue weighted by Gasteiger charge is -2.11. The second-order valence-corrected chi connectivity index (χ2v) is 12.7. The standard InChI is InChI=1S/C50H32N4/c1-3-13-33(14-4-1)34-25-27-35(28-26-34)39-21-12-22-43-42(39)32-51-50(52-43)36-15-11-18-38(31-36)54-45-24-10-8-20-41(45)49-47(54)30-29-46-48(49)40-19-7-9-23-44(40)53(46)37-16-5-2-6-17-37/h1-32H/i2D,5D,6D,7D,8D,9D,10D,16D,17D,19D,20D,23D,24D,29D,30D. The normalized spacial score (nSPS) is 15.6. The van der Waals surface area contributed by atoms with Gasteiger partial charge in [-0.3, -0.25) is 0 Å². The Labute approximate surface area is 332 Å². The van der Waals surface area contributed by atoms with Gasteiger partial charge in [0.05, 0.1) is 48.1 Å². The molecule has 0 aliphatic rings. The number of para-hydroxylation sites is 3. The third kappa shape index (κ3) is 4.70. The van der Waals surface area contributed by atoms with Crippen LogP contribution in [0.3, 0.4) is 0 Å². The zero-order chi connectivity index (χ0) is 48.6. The quantitative estimate of drug-likeness (QED) is 0.179. The molecule has 3 aromatic heterocycles. The van der Waals surface area contributed by atoms with Crippen molar-refractivity contribution in [3.05, 3.63) is 194 Å². The fraction of sp³-hybridized carbons (Fsp3) is 0. The van der Waals surface area contributed by atoms with Gasteiger partial charge in [0.15, 0.2) is 5.82 Å². The largest absolute Gasteiger partial charge is 0.309 e. The van der Waals surface area contributed by atoms with E-state index in [1.165, 1.54) is 4.57 Å². The van der Waals surface area contributed by atoms with Crippen molar-refractivity contribution in [2.24, 2.45) is 0 Å². The van der Waals surface area contributed by atoms with Crippen molar-refractivity contribution >= 4 is 54.5 Å². The maximum absolute atomic E-state index is 9.72. The molecule has 11 aromatic rings. The minimum absolute atomic E-state index is 0.0779. The van der Waals surface area contributed by atoms with E-state index >= 15 is 0 Å². The molecule has 252 valence electrons. The summed E-state index contributed by atoms with van der Waals surface area (Å²) in [4.78, 5) is 9.74. The van der Waals surface area contributed by atoms with Crippen molar-refractivity contribution in [3.8, 4) is 45.0 Å². The van der Waals surface area contributed by atoms with Crippen LogP contribution in [-0.2, 0) is 0 Å². The topological polar surface area (TPSA) is 35.6 Å². The van der Waals surface area contributed by atoms with Gasteiger partial charge in [-0.1, -0.05) is 133 Å². The molecule has 4 nitrogen and oxygen atoms in total. The summed E-state index contributed by atoms with van der Waals surface area (Å²) in [6.45, 7) is 0. The average Bonchev–Trinajstić information content (AvgIpc) is 3.91. The van der Waals surface area contributed by atoms with E-state index in [1.54, 1.807) is 30.5 Å². The monoisotopic (exact) mass is 703 g/mol. The molecule has 8 aromatic carbocycles. The first-order valence-electron chi connectivity index (χ1n) is 24.6. The van der Waals surface area contributed by atoms with Crippen molar-refractivity contribution in [2.75, 3.05) is 0 Å². The summed E-state index contributed by atoms with van der Waals surface area (Å²) >= 11 is 0. The molecular formula is C50H32N4. The molecule has 0 amide bonds. The summed E-state index contributed by atoms with van der Waals surface area (Å²) < 4.78 is 137. The first-order chi connectivity index (χ1) is 33.0. The first kappa shape index (κ1) is 19.0. The molecule has 0 spiro atoms. The van der Waals surface area contributed by atoms with E-state index in [0.717, 1.165) is 32.2 Å². The van der Waals surface area contributed by atoms with Crippen molar-refractivity contribution < 1.29 is 20.6 Å². The Balaban J connectivity index is 1.20. The summed E-state index contributed by atoms with van der Waals surface area (Å²) in [7, 11) is 0. The molecular weight excluding hydrogens is 657 g/mol. The number of rotatable bonds is 5. The number of hydrogen-bond donors (Lipinski definition) is 0. The van der Waals surface area contributed by atoms with Gasteiger partial charge in [0, 0.05) is 50.1 Å². The van der Waals surface area contributed by atoms with Crippen LogP contribution < -0.4 is 0 Å². The van der Waals surface area contributed by atoms with E-state index < -0.39 is 96.3 Å². The summed E-state index contributed by atoms with van der Waals surface area (Å²) in [5, 5.41) is 0.185. The predicted octanol–water partition coefficient (Wildman–Crippen LogP) is 12.8. The van der Waals surface area contributed by atoms with Gasteiger partial charge in [-0.05, 0) is 76.7 Å². The Morgan fingerprint density at radius 3 is 1.74 bits per heavy atom. The summed E-state index contributed by atoms with van der Waals surface area (Å²) in [6, 6.07) is 21.0. The number of hydrogen-bond acceptors (Lipinski definition) is 2. The highest BCUT2D eigenvalue weighted by atomic mass is 15.0. The highest BCUT2D eigenvalue weighted by Crippen LogP contribution is 2.42. The number of aromatic nitrogens is 4. The molecule has 11 rings (SSSR count). The molecule has 0 atom stereocenters. The van der Waals surface area contributed by atoms with E-state index in [-0.39, 0.29) is 49.3 Å². The number of benzene rings is 8. The van der Waals surface area contributed by atoms with Crippen LogP contribution in [0.2, 0.25) is 0 Å². The van der Waals surface area contributed by atoms with Gasteiger partial charge in [0.25, 0.3) is 0 Å². The fourth-order valence-electron chi connectivity index (χ4n) is 7.37. The molecule has 0 saturated heterocycles. The van der Waals surface area contributed by atoms with Gasteiger partial charge in [0.2, 0.25) is 0 Å². The smallest absolute Gasteiger partial charge is 0.159 e. The van der Waals surface area contributed by atoms with Crippen LogP contribution in [0, 0.1) is 0 Å². The van der Waals surface area contributed by atoms with E-state index in [2.05, 4.69) is 24.3 Å². The third-order valence-electron chi connectivity index (χ3n) is 9.75. The molecule has 0 saturated carbocycles. The molecule has 0 unspecified atom stereocenters. The van der Waals surface area contributed by atoms with E-state index in [1.807, 2.05) is 48.5 Å².